The molecule has 1 saturated carbocycles. The Balaban J connectivity index is 2.12. The third-order valence-corrected chi connectivity index (χ3v) is 4.27. The Bertz CT molecular complexity index is 318. The van der Waals surface area contributed by atoms with Gasteiger partial charge in [0.1, 0.15) is 0 Å². The lowest BCUT2D eigenvalue weighted by Crippen LogP contribution is -2.33. The van der Waals surface area contributed by atoms with E-state index in [-0.39, 0.29) is 0 Å². The molecular weight excluding hydrogens is 297 g/mol. The van der Waals surface area contributed by atoms with Gasteiger partial charge in [0.2, 0.25) is 0 Å². The van der Waals surface area contributed by atoms with Crippen molar-refractivity contribution in [1.82, 2.24) is 0 Å². The van der Waals surface area contributed by atoms with Gasteiger partial charge in [-0.25, -0.2) is 0 Å². The molecule has 2 rings (SSSR count). The summed E-state index contributed by atoms with van der Waals surface area (Å²) in [7, 11) is 2.24. The van der Waals surface area contributed by atoms with Crippen LogP contribution < -0.4 is 4.90 Å². The van der Waals surface area contributed by atoms with E-state index in [9.17, 15) is 0 Å². The number of halogens is 1. The largest absolute Gasteiger partial charge is 0.371 e. The van der Waals surface area contributed by atoms with E-state index in [1.165, 1.54) is 41.4 Å². The van der Waals surface area contributed by atoms with Gasteiger partial charge < -0.3 is 4.90 Å². The Morgan fingerprint density at radius 2 is 1.80 bits per heavy atom. The summed E-state index contributed by atoms with van der Waals surface area (Å²) in [6.45, 7) is 0. The van der Waals surface area contributed by atoms with E-state index in [0.717, 1.165) is 6.04 Å². The predicted octanol–water partition coefficient (Wildman–Crippen LogP) is 4.06. The first-order chi connectivity index (χ1) is 7.29. The highest BCUT2D eigenvalue weighted by molar-refractivity contribution is 14.1. The first kappa shape index (κ1) is 11.2. The summed E-state index contributed by atoms with van der Waals surface area (Å²) in [5.74, 6) is 0. The molecule has 0 heterocycles. The van der Waals surface area contributed by atoms with Gasteiger partial charge in [0.05, 0.1) is 5.69 Å². The van der Waals surface area contributed by atoms with E-state index in [1.54, 1.807) is 0 Å². The maximum Gasteiger partial charge on any atom is 0.0501 e. The minimum Gasteiger partial charge on any atom is -0.371 e. The average Bonchev–Trinajstić information content (AvgIpc) is 2.30. The maximum atomic E-state index is 2.47. The van der Waals surface area contributed by atoms with Gasteiger partial charge >= 0.3 is 0 Å². The van der Waals surface area contributed by atoms with Gasteiger partial charge in [0.15, 0.2) is 0 Å². The van der Waals surface area contributed by atoms with Gasteiger partial charge in [0.25, 0.3) is 0 Å². The highest BCUT2D eigenvalue weighted by Crippen LogP contribution is 2.28. The number of para-hydroxylation sites is 1. The predicted molar refractivity (Wildman–Crippen MR) is 74.4 cm³/mol. The molecule has 0 aromatic heterocycles. The van der Waals surface area contributed by atoms with Crippen LogP contribution in [-0.4, -0.2) is 13.1 Å². The maximum absolute atomic E-state index is 2.47. The van der Waals surface area contributed by atoms with Crippen LogP contribution in [0.2, 0.25) is 0 Å². The van der Waals surface area contributed by atoms with Crippen molar-refractivity contribution in [1.29, 1.82) is 0 Å². The lowest BCUT2D eigenvalue weighted by Gasteiger charge is -2.33. The van der Waals surface area contributed by atoms with Crippen LogP contribution >= 0.6 is 22.6 Å². The van der Waals surface area contributed by atoms with Crippen molar-refractivity contribution in [3.05, 3.63) is 27.8 Å². The molecule has 1 aromatic rings. The van der Waals surface area contributed by atoms with Crippen LogP contribution in [0.15, 0.2) is 24.3 Å². The molecule has 1 nitrogen and oxygen atoms in total. The molecule has 1 fully saturated rings. The summed E-state index contributed by atoms with van der Waals surface area (Å²) in [5, 5.41) is 0. The third kappa shape index (κ3) is 2.65. The summed E-state index contributed by atoms with van der Waals surface area (Å²) < 4.78 is 1.36. The first-order valence-corrected chi connectivity index (χ1v) is 6.84. The minimum atomic E-state index is 0.759. The number of anilines is 1. The molecule has 15 heavy (non-hydrogen) atoms. The molecule has 0 spiro atoms. The second kappa shape index (κ2) is 5.19. The normalized spacial score (nSPS) is 17.7. The molecule has 0 aliphatic heterocycles. The standard InChI is InChI=1S/C13H18IN/c1-15(11-7-3-2-4-8-11)13-10-6-5-9-12(13)14/h5-6,9-11H,2-4,7-8H2,1H3. The van der Waals surface area contributed by atoms with E-state index in [4.69, 9.17) is 0 Å². The molecule has 2 heteroatoms. The van der Waals surface area contributed by atoms with Crippen molar-refractivity contribution in [2.45, 2.75) is 38.1 Å². The zero-order chi connectivity index (χ0) is 10.7. The van der Waals surface area contributed by atoms with E-state index < -0.39 is 0 Å². The highest BCUT2D eigenvalue weighted by atomic mass is 127. The number of hydrogen-bond acceptors (Lipinski definition) is 1. The zero-order valence-electron chi connectivity index (χ0n) is 9.25. The van der Waals surface area contributed by atoms with Crippen molar-refractivity contribution in [2.75, 3.05) is 11.9 Å². The van der Waals surface area contributed by atoms with Crippen LogP contribution in [0, 0.1) is 3.57 Å². The van der Waals surface area contributed by atoms with Gasteiger partial charge in [-0.1, -0.05) is 31.4 Å². The van der Waals surface area contributed by atoms with Gasteiger partial charge in [-0.2, -0.15) is 0 Å². The molecule has 0 saturated heterocycles. The van der Waals surface area contributed by atoms with E-state index in [2.05, 4.69) is 58.8 Å². The molecule has 0 N–H and O–H groups in total. The molecule has 0 radical (unpaired) electrons. The molecule has 0 atom stereocenters. The molecule has 0 amide bonds. The van der Waals surface area contributed by atoms with Gasteiger partial charge in [-0.15, -0.1) is 0 Å². The summed E-state index contributed by atoms with van der Waals surface area (Å²) >= 11 is 2.43. The fourth-order valence-corrected chi connectivity index (χ4v) is 3.17. The van der Waals surface area contributed by atoms with Crippen LogP contribution in [0.3, 0.4) is 0 Å². The molecule has 1 aliphatic carbocycles. The van der Waals surface area contributed by atoms with E-state index in [1.807, 2.05) is 0 Å². The molecule has 1 aliphatic rings. The molecule has 82 valence electrons. The summed E-state index contributed by atoms with van der Waals surface area (Å²) in [5.41, 5.74) is 1.39. The molecule has 1 aromatic carbocycles. The number of benzene rings is 1. The van der Waals surface area contributed by atoms with Crippen LogP contribution in [0.5, 0.6) is 0 Å². The summed E-state index contributed by atoms with van der Waals surface area (Å²) in [4.78, 5) is 2.47. The molecule has 0 bridgehead atoms. The Morgan fingerprint density at radius 1 is 1.13 bits per heavy atom. The summed E-state index contributed by atoms with van der Waals surface area (Å²) in [6.07, 6.45) is 6.95. The lowest BCUT2D eigenvalue weighted by molar-refractivity contribution is 0.427. The third-order valence-electron chi connectivity index (χ3n) is 3.35. The van der Waals surface area contributed by atoms with Crippen LogP contribution in [0.1, 0.15) is 32.1 Å². The fraction of sp³-hybridized carbons (Fsp3) is 0.538. The Kier molecular flexibility index (Phi) is 3.89. The Hall–Kier alpha value is -0.250. The Morgan fingerprint density at radius 3 is 2.47 bits per heavy atom. The second-order valence-electron chi connectivity index (χ2n) is 4.35. The minimum absolute atomic E-state index is 0.759. The van der Waals surface area contributed by atoms with E-state index >= 15 is 0 Å². The van der Waals surface area contributed by atoms with Crippen molar-refractivity contribution < 1.29 is 0 Å². The number of rotatable bonds is 2. The van der Waals surface area contributed by atoms with Crippen LogP contribution in [-0.2, 0) is 0 Å². The summed E-state index contributed by atoms with van der Waals surface area (Å²) in [6, 6.07) is 9.43. The zero-order valence-corrected chi connectivity index (χ0v) is 11.4. The molecule has 0 unspecified atom stereocenters. The number of nitrogens with zero attached hydrogens (tertiary/aromatic N) is 1. The van der Waals surface area contributed by atoms with Crippen molar-refractivity contribution in [3.8, 4) is 0 Å². The van der Waals surface area contributed by atoms with Gasteiger partial charge in [-0.05, 0) is 47.6 Å². The number of hydrogen-bond donors (Lipinski definition) is 0. The quantitative estimate of drug-likeness (QED) is 0.744. The van der Waals surface area contributed by atoms with Crippen molar-refractivity contribution in [3.63, 3.8) is 0 Å². The Labute approximate surface area is 106 Å². The van der Waals surface area contributed by atoms with Crippen LogP contribution in [0.25, 0.3) is 0 Å². The van der Waals surface area contributed by atoms with Gasteiger partial charge in [-0.3, -0.25) is 0 Å². The lowest BCUT2D eigenvalue weighted by atomic mass is 9.94. The first-order valence-electron chi connectivity index (χ1n) is 5.76. The monoisotopic (exact) mass is 315 g/mol. The fourth-order valence-electron chi connectivity index (χ4n) is 2.40. The van der Waals surface area contributed by atoms with Crippen LogP contribution in [0.4, 0.5) is 5.69 Å². The van der Waals surface area contributed by atoms with Gasteiger partial charge in [0, 0.05) is 16.7 Å². The molecular formula is C13H18IN. The van der Waals surface area contributed by atoms with E-state index in [0.29, 0.717) is 0 Å². The topological polar surface area (TPSA) is 3.24 Å². The average molecular weight is 315 g/mol. The SMILES string of the molecule is CN(c1ccccc1I)C1CCCCC1. The van der Waals surface area contributed by atoms with Crippen molar-refractivity contribution >= 4 is 28.3 Å². The second-order valence-corrected chi connectivity index (χ2v) is 5.52. The smallest absolute Gasteiger partial charge is 0.0501 e. The van der Waals surface area contributed by atoms with Crippen molar-refractivity contribution in [2.24, 2.45) is 0 Å². The highest BCUT2D eigenvalue weighted by Gasteiger charge is 2.19.